The Labute approximate surface area is 228 Å². The number of ether oxygens (including phenoxy) is 3. The largest absolute Gasteiger partial charge is 0.481 e. The van der Waals surface area contributed by atoms with Crippen molar-refractivity contribution in [3.8, 4) is 22.8 Å². The molecule has 0 aliphatic carbocycles. The Hall–Kier alpha value is -3.44. The van der Waals surface area contributed by atoms with Crippen LogP contribution in [0, 0.1) is 6.92 Å². The number of piperidine rings is 1. The summed E-state index contributed by atoms with van der Waals surface area (Å²) in [4.78, 5) is 18.5. The van der Waals surface area contributed by atoms with Crippen LogP contribution < -0.4 is 4.74 Å². The van der Waals surface area contributed by atoms with Crippen molar-refractivity contribution in [3.63, 3.8) is 0 Å². The van der Waals surface area contributed by atoms with Gasteiger partial charge in [0.2, 0.25) is 5.88 Å². The summed E-state index contributed by atoms with van der Waals surface area (Å²) in [5.41, 5.74) is 4.30. The molecule has 5 rings (SSSR count). The van der Waals surface area contributed by atoms with Crippen LogP contribution in [0.2, 0.25) is 0 Å². The highest BCUT2D eigenvalue weighted by atomic mass is 16.6. The van der Waals surface area contributed by atoms with Crippen molar-refractivity contribution in [2.45, 2.75) is 71.1 Å². The van der Waals surface area contributed by atoms with Crippen molar-refractivity contribution >= 4 is 6.09 Å². The SMILES string of the molecule is COc1ncc(-n2nc(-c3cnn(CC4(O)CCN(C(=O)OC(C)(C)C)CC4)c3)c3c2CCOCC3)cc1C. The molecule has 3 aromatic rings. The first kappa shape index (κ1) is 27.1. The molecule has 0 spiro atoms. The van der Waals surface area contributed by atoms with Gasteiger partial charge in [-0.15, -0.1) is 0 Å². The molecule has 0 bridgehead atoms. The minimum Gasteiger partial charge on any atom is -0.481 e. The van der Waals surface area contributed by atoms with Crippen LogP contribution in [0.1, 0.15) is 50.4 Å². The molecule has 0 aromatic carbocycles. The van der Waals surface area contributed by atoms with Gasteiger partial charge in [0, 0.05) is 42.4 Å². The summed E-state index contributed by atoms with van der Waals surface area (Å²) in [6.45, 7) is 10.00. The van der Waals surface area contributed by atoms with Gasteiger partial charge in [0.25, 0.3) is 0 Å². The van der Waals surface area contributed by atoms with Gasteiger partial charge in [-0.25, -0.2) is 14.5 Å². The van der Waals surface area contributed by atoms with E-state index in [9.17, 15) is 9.90 Å². The molecule has 2 aliphatic heterocycles. The van der Waals surface area contributed by atoms with E-state index in [1.165, 1.54) is 0 Å². The lowest BCUT2D eigenvalue weighted by Gasteiger charge is -2.38. The fourth-order valence-electron chi connectivity index (χ4n) is 5.24. The molecule has 11 heteroatoms. The summed E-state index contributed by atoms with van der Waals surface area (Å²) in [5, 5.41) is 20.9. The second-order valence-corrected chi connectivity index (χ2v) is 11.4. The zero-order valence-corrected chi connectivity index (χ0v) is 23.4. The standard InChI is InChI=1S/C28H38N6O5/c1-19-14-21(16-29-25(19)37-5)34-23-7-13-38-12-6-22(23)24(31-34)20-15-30-33(17-20)18-28(36)8-10-32(11-9-28)26(35)39-27(2,3)4/h14-17,36H,6-13,18H2,1-5H3. The highest BCUT2D eigenvalue weighted by Crippen LogP contribution is 2.32. The molecule has 39 heavy (non-hydrogen) atoms. The number of hydrogen-bond donors (Lipinski definition) is 1. The second-order valence-electron chi connectivity index (χ2n) is 11.4. The lowest BCUT2D eigenvalue weighted by molar-refractivity contribution is -0.0431. The highest BCUT2D eigenvalue weighted by Gasteiger charge is 2.36. The lowest BCUT2D eigenvalue weighted by atomic mass is 9.91. The molecule has 5 heterocycles. The van der Waals surface area contributed by atoms with Crippen molar-refractivity contribution in [3.05, 3.63) is 41.5 Å². The molecular weight excluding hydrogens is 500 g/mol. The van der Waals surface area contributed by atoms with Crippen molar-refractivity contribution in [2.24, 2.45) is 0 Å². The predicted octanol–water partition coefficient (Wildman–Crippen LogP) is 3.33. The van der Waals surface area contributed by atoms with Crippen molar-refractivity contribution in [1.29, 1.82) is 0 Å². The molecule has 1 amide bonds. The Morgan fingerprint density at radius 1 is 1.18 bits per heavy atom. The molecule has 0 saturated carbocycles. The minimum atomic E-state index is -0.960. The molecule has 3 aromatic heterocycles. The Kier molecular flexibility index (Phi) is 7.39. The normalized spacial score (nSPS) is 17.4. The van der Waals surface area contributed by atoms with E-state index < -0.39 is 11.2 Å². The molecule has 0 unspecified atom stereocenters. The summed E-state index contributed by atoms with van der Waals surface area (Å²) in [5.74, 6) is 0.594. The number of nitrogens with zero attached hydrogens (tertiary/aromatic N) is 6. The fourth-order valence-corrected chi connectivity index (χ4v) is 5.24. The Balaban J connectivity index is 1.35. The van der Waals surface area contributed by atoms with Gasteiger partial charge in [-0.1, -0.05) is 0 Å². The minimum absolute atomic E-state index is 0.336. The van der Waals surface area contributed by atoms with Gasteiger partial charge in [-0.2, -0.15) is 10.2 Å². The van der Waals surface area contributed by atoms with Crippen LogP contribution >= 0.6 is 0 Å². The average Bonchev–Trinajstić information content (AvgIpc) is 3.39. The Morgan fingerprint density at radius 3 is 2.62 bits per heavy atom. The maximum Gasteiger partial charge on any atom is 0.410 e. The molecule has 1 N–H and O–H groups in total. The molecule has 2 aliphatic rings. The van der Waals surface area contributed by atoms with Crippen LogP contribution in [0.3, 0.4) is 0 Å². The first-order valence-corrected chi connectivity index (χ1v) is 13.5. The fraction of sp³-hybridized carbons (Fsp3) is 0.571. The third kappa shape index (κ3) is 5.94. The van der Waals surface area contributed by atoms with Gasteiger partial charge in [0.1, 0.15) is 5.60 Å². The number of fused-ring (bicyclic) bond motifs is 1. The van der Waals surface area contributed by atoms with E-state index in [4.69, 9.17) is 19.3 Å². The number of aliphatic hydroxyl groups is 1. The molecule has 210 valence electrons. The highest BCUT2D eigenvalue weighted by molar-refractivity contribution is 5.68. The molecule has 0 atom stereocenters. The van der Waals surface area contributed by atoms with Crippen molar-refractivity contribution in [1.82, 2.24) is 29.4 Å². The van der Waals surface area contributed by atoms with Gasteiger partial charge in [0.05, 0.1) is 61.9 Å². The quantitative estimate of drug-likeness (QED) is 0.526. The summed E-state index contributed by atoms with van der Waals surface area (Å²) in [7, 11) is 1.61. The van der Waals surface area contributed by atoms with Gasteiger partial charge in [0.15, 0.2) is 0 Å². The van der Waals surface area contributed by atoms with E-state index in [1.54, 1.807) is 29.1 Å². The zero-order valence-electron chi connectivity index (χ0n) is 23.4. The van der Waals surface area contributed by atoms with E-state index in [1.807, 2.05) is 44.6 Å². The number of pyridine rings is 1. The third-order valence-corrected chi connectivity index (χ3v) is 7.23. The number of carbonyl (C=O) groups is 1. The summed E-state index contributed by atoms with van der Waals surface area (Å²) < 4.78 is 20.3. The van der Waals surface area contributed by atoms with E-state index in [0.29, 0.717) is 51.6 Å². The van der Waals surface area contributed by atoms with Gasteiger partial charge in [-0.05, 0) is 53.0 Å². The lowest BCUT2D eigenvalue weighted by Crippen LogP contribution is -2.49. The Morgan fingerprint density at radius 2 is 1.92 bits per heavy atom. The zero-order chi connectivity index (χ0) is 27.8. The smallest absolute Gasteiger partial charge is 0.410 e. The first-order chi connectivity index (χ1) is 18.5. The first-order valence-electron chi connectivity index (χ1n) is 13.5. The van der Waals surface area contributed by atoms with Crippen molar-refractivity contribution < 1.29 is 24.1 Å². The van der Waals surface area contributed by atoms with E-state index in [-0.39, 0.29) is 6.09 Å². The van der Waals surface area contributed by atoms with Crippen LogP contribution in [0.25, 0.3) is 16.9 Å². The topological polar surface area (TPSA) is 117 Å². The molecular formula is C28H38N6O5. The maximum atomic E-state index is 12.4. The number of aromatic nitrogens is 5. The molecule has 11 nitrogen and oxygen atoms in total. The van der Waals surface area contributed by atoms with E-state index >= 15 is 0 Å². The van der Waals surface area contributed by atoms with Crippen LogP contribution in [-0.2, 0) is 28.9 Å². The van der Waals surface area contributed by atoms with Gasteiger partial charge in [-0.3, -0.25) is 4.68 Å². The number of hydrogen-bond acceptors (Lipinski definition) is 8. The van der Waals surface area contributed by atoms with Gasteiger partial charge >= 0.3 is 6.09 Å². The third-order valence-electron chi connectivity index (χ3n) is 7.23. The van der Waals surface area contributed by atoms with Gasteiger partial charge < -0.3 is 24.2 Å². The Bertz CT molecular complexity index is 1330. The molecule has 0 radical (unpaired) electrons. The van der Waals surface area contributed by atoms with E-state index in [2.05, 4.69) is 10.1 Å². The second kappa shape index (κ2) is 10.6. The summed E-state index contributed by atoms with van der Waals surface area (Å²) in [6.07, 6.45) is 7.58. The monoisotopic (exact) mass is 538 g/mol. The number of likely N-dealkylation sites (tertiary alicyclic amines) is 1. The van der Waals surface area contributed by atoms with E-state index in [0.717, 1.165) is 46.6 Å². The average molecular weight is 539 g/mol. The number of methoxy groups -OCH3 is 1. The van der Waals surface area contributed by atoms with Crippen molar-refractivity contribution in [2.75, 3.05) is 33.4 Å². The summed E-state index contributed by atoms with van der Waals surface area (Å²) in [6, 6.07) is 2.03. The van der Waals surface area contributed by atoms with Crippen LogP contribution in [-0.4, -0.2) is 85.3 Å². The molecule has 1 saturated heterocycles. The maximum absolute atomic E-state index is 12.4. The number of amides is 1. The number of aryl methyl sites for hydroxylation is 1. The number of rotatable bonds is 5. The van der Waals surface area contributed by atoms with Crippen LogP contribution in [0.15, 0.2) is 24.7 Å². The summed E-state index contributed by atoms with van der Waals surface area (Å²) >= 11 is 0. The molecule has 1 fully saturated rings. The van der Waals surface area contributed by atoms with Crippen LogP contribution in [0.5, 0.6) is 5.88 Å². The van der Waals surface area contributed by atoms with Crippen LogP contribution in [0.4, 0.5) is 4.79 Å². The predicted molar refractivity (Wildman–Crippen MR) is 144 cm³/mol. The number of carbonyl (C=O) groups excluding carboxylic acids is 1.